The van der Waals surface area contributed by atoms with Gasteiger partial charge in [0, 0.05) is 16.3 Å². The Bertz CT molecular complexity index is 1380. The molecule has 2 aromatic heterocycles. The summed E-state index contributed by atoms with van der Waals surface area (Å²) in [6.07, 6.45) is -4.61. The average Bonchev–Trinajstić information content (AvgIpc) is 3.44. The molecule has 1 N–H and O–H groups in total. The summed E-state index contributed by atoms with van der Waals surface area (Å²) in [5.41, 5.74) is 0.586. The first-order chi connectivity index (χ1) is 15.4. The van der Waals surface area contributed by atoms with E-state index in [1.807, 2.05) is 0 Å². The van der Waals surface area contributed by atoms with Crippen LogP contribution < -0.4 is 9.47 Å². The molecular weight excluding hydrogens is 423 g/mol. The molecule has 3 aromatic carbocycles. The molecule has 10 heteroatoms. The van der Waals surface area contributed by atoms with Crippen LogP contribution in [0.1, 0.15) is 5.56 Å². The largest absolute Gasteiger partial charge is 0.497 e. The molecule has 32 heavy (non-hydrogen) atoms. The first-order valence-corrected chi connectivity index (χ1v) is 9.52. The van der Waals surface area contributed by atoms with Crippen molar-refractivity contribution in [2.75, 3.05) is 14.2 Å². The maximum atomic E-state index is 14.2. The summed E-state index contributed by atoms with van der Waals surface area (Å²) in [6, 6.07) is 14.5. The van der Waals surface area contributed by atoms with Gasteiger partial charge in [0.15, 0.2) is 0 Å². The number of aromatic nitrogens is 5. The molecule has 162 valence electrons. The topological polar surface area (TPSA) is 77.9 Å². The Kier molecular flexibility index (Phi) is 4.50. The highest BCUT2D eigenvalue weighted by molar-refractivity contribution is 6.10. The summed E-state index contributed by atoms with van der Waals surface area (Å²) in [6.45, 7) is 0. The lowest BCUT2D eigenvalue weighted by molar-refractivity contribution is -0.137. The Balaban J connectivity index is 1.86. The highest BCUT2D eigenvalue weighted by Gasteiger charge is 2.35. The molecule has 0 atom stereocenters. The summed E-state index contributed by atoms with van der Waals surface area (Å²) in [7, 11) is 3.08. The van der Waals surface area contributed by atoms with Crippen molar-refractivity contribution in [1.29, 1.82) is 0 Å². The van der Waals surface area contributed by atoms with Crippen LogP contribution in [0, 0.1) is 0 Å². The predicted molar refractivity (Wildman–Crippen MR) is 112 cm³/mol. The van der Waals surface area contributed by atoms with Gasteiger partial charge in [-0.2, -0.15) is 18.4 Å². The quantitative estimate of drug-likeness (QED) is 0.426. The van der Waals surface area contributed by atoms with Crippen LogP contribution in [0.25, 0.3) is 38.9 Å². The number of halogens is 3. The number of benzene rings is 3. The van der Waals surface area contributed by atoms with Gasteiger partial charge in [0.2, 0.25) is 5.82 Å². The zero-order valence-electron chi connectivity index (χ0n) is 16.9. The lowest BCUT2D eigenvalue weighted by Gasteiger charge is -2.17. The van der Waals surface area contributed by atoms with Crippen molar-refractivity contribution in [2.24, 2.45) is 0 Å². The zero-order valence-corrected chi connectivity index (χ0v) is 16.9. The van der Waals surface area contributed by atoms with Crippen LogP contribution in [0.4, 0.5) is 13.2 Å². The lowest BCUT2D eigenvalue weighted by atomic mass is 10.1. The molecule has 0 aliphatic rings. The lowest BCUT2D eigenvalue weighted by Crippen LogP contribution is -2.11. The standard InChI is InChI=1S/C22H16F3N5O2/c1-31-13-4-7-18-15(10-13)16-11-14(32-2)5-8-19(16)30(18)20-6-3-12(21-26-28-29-27-21)9-17(20)22(23,24)25/h3-11H,1-2H3,(H,26,27,28,29). The van der Waals surface area contributed by atoms with Crippen LogP contribution in [-0.2, 0) is 6.18 Å². The van der Waals surface area contributed by atoms with Gasteiger partial charge < -0.3 is 14.0 Å². The van der Waals surface area contributed by atoms with Gasteiger partial charge in [-0.25, -0.2) is 0 Å². The van der Waals surface area contributed by atoms with Crippen molar-refractivity contribution in [3.8, 4) is 28.6 Å². The molecule has 0 radical (unpaired) electrons. The number of alkyl halides is 3. The second-order valence-corrected chi connectivity index (χ2v) is 7.07. The summed E-state index contributed by atoms with van der Waals surface area (Å²) in [5, 5.41) is 14.8. The van der Waals surface area contributed by atoms with E-state index in [1.165, 1.54) is 6.07 Å². The van der Waals surface area contributed by atoms with E-state index in [2.05, 4.69) is 20.6 Å². The van der Waals surface area contributed by atoms with Gasteiger partial charge in [-0.3, -0.25) is 0 Å². The summed E-state index contributed by atoms with van der Waals surface area (Å²) >= 11 is 0. The molecule has 0 saturated heterocycles. The van der Waals surface area contributed by atoms with E-state index in [0.717, 1.165) is 16.8 Å². The molecule has 0 aliphatic heterocycles. The van der Waals surface area contributed by atoms with Gasteiger partial charge in [-0.15, -0.1) is 10.2 Å². The van der Waals surface area contributed by atoms with Crippen molar-refractivity contribution < 1.29 is 22.6 Å². The fourth-order valence-electron chi connectivity index (χ4n) is 3.88. The van der Waals surface area contributed by atoms with Gasteiger partial charge in [-0.1, -0.05) is 0 Å². The number of fused-ring (bicyclic) bond motifs is 3. The van der Waals surface area contributed by atoms with Crippen molar-refractivity contribution in [3.63, 3.8) is 0 Å². The van der Waals surface area contributed by atoms with Crippen molar-refractivity contribution >= 4 is 21.8 Å². The number of H-pyrrole nitrogens is 1. The maximum absolute atomic E-state index is 14.2. The third-order valence-electron chi connectivity index (χ3n) is 5.33. The SMILES string of the molecule is COc1ccc2c(c1)c1cc(OC)ccc1n2-c1ccc(-c2nn[nH]n2)cc1C(F)(F)F. The second-order valence-electron chi connectivity index (χ2n) is 7.07. The number of rotatable bonds is 4. The average molecular weight is 439 g/mol. The Labute approximate surface area is 179 Å². The second kappa shape index (κ2) is 7.26. The highest BCUT2D eigenvalue weighted by atomic mass is 19.4. The molecule has 5 rings (SSSR count). The van der Waals surface area contributed by atoms with Crippen LogP contribution in [0.15, 0.2) is 54.6 Å². The fraction of sp³-hybridized carbons (Fsp3) is 0.136. The number of tetrazole rings is 1. The molecular formula is C22H16F3N5O2. The third-order valence-corrected chi connectivity index (χ3v) is 5.33. The molecule has 0 bridgehead atoms. The first-order valence-electron chi connectivity index (χ1n) is 9.52. The normalized spacial score (nSPS) is 11.9. The Morgan fingerprint density at radius 2 is 1.47 bits per heavy atom. The van der Waals surface area contributed by atoms with E-state index < -0.39 is 11.7 Å². The molecule has 0 unspecified atom stereocenters. The molecule has 5 aromatic rings. The van der Waals surface area contributed by atoms with Crippen molar-refractivity contribution in [2.45, 2.75) is 6.18 Å². The molecule has 0 amide bonds. The number of ether oxygens (including phenoxy) is 2. The van der Waals surface area contributed by atoms with E-state index in [0.29, 0.717) is 22.5 Å². The van der Waals surface area contributed by atoms with E-state index in [-0.39, 0.29) is 17.1 Å². The number of hydrogen-bond acceptors (Lipinski definition) is 5. The van der Waals surface area contributed by atoms with E-state index in [9.17, 15) is 13.2 Å². The molecule has 2 heterocycles. The van der Waals surface area contributed by atoms with Crippen LogP contribution >= 0.6 is 0 Å². The fourth-order valence-corrected chi connectivity index (χ4v) is 3.88. The summed E-state index contributed by atoms with van der Waals surface area (Å²) < 4.78 is 54.8. The van der Waals surface area contributed by atoms with Gasteiger partial charge in [-0.05, 0) is 59.8 Å². The van der Waals surface area contributed by atoms with Crippen molar-refractivity contribution in [1.82, 2.24) is 25.2 Å². The van der Waals surface area contributed by atoms with E-state index >= 15 is 0 Å². The number of nitrogens with zero attached hydrogens (tertiary/aromatic N) is 4. The van der Waals surface area contributed by atoms with E-state index in [1.54, 1.807) is 61.3 Å². The van der Waals surface area contributed by atoms with Gasteiger partial charge in [0.1, 0.15) is 11.5 Å². The summed E-state index contributed by atoms with van der Waals surface area (Å²) in [4.78, 5) is 0. The Morgan fingerprint density at radius 3 is 1.97 bits per heavy atom. The molecule has 0 fully saturated rings. The number of hydrogen-bond donors (Lipinski definition) is 1. The van der Waals surface area contributed by atoms with Crippen LogP contribution in [-0.4, -0.2) is 39.4 Å². The van der Waals surface area contributed by atoms with Crippen molar-refractivity contribution in [3.05, 3.63) is 60.2 Å². The first kappa shape index (κ1) is 19.9. The van der Waals surface area contributed by atoms with E-state index in [4.69, 9.17) is 9.47 Å². The molecule has 7 nitrogen and oxygen atoms in total. The zero-order chi connectivity index (χ0) is 22.5. The van der Waals surface area contributed by atoms with Crippen LogP contribution in [0.3, 0.4) is 0 Å². The predicted octanol–water partition coefficient (Wildman–Crippen LogP) is 5.00. The smallest absolute Gasteiger partial charge is 0.418 e. The minimum absolute atomic E-state index is 0.0138. The minimum atomic E-state index is -4.61. The monoisotopic (exact) mass is 439 g/mol. The Hall–Kier alpha value is -4.08. The molecule has 0 spiro atoms. The maximum Gasteiger partial charge on any atom is 0.418 e. The Morgan fingerprint density at radius 1 is 0.844 bits per heavy atom. The van der Waals surface area contributed by atoms with Gasteiger partial charge in [0.05, 0.1) is 36.5 Å². The third kappa shape index (κ3) is 3.11. The minimum Gasteiger partial charge on any atom is -0.497 e. The molecule has 0 aliphatic carbocycles. The van der Waals surface area contributed by atoms with Crippen LogP contribution in [0.5, 0.6) is 11.5 Å². The number of methoxy groups -OCH3 is 2. The summed E-state index contributed by atoms with van der Waals surface area (Å²) in [5.74, 6) is 1.28. The van der Waals surface area contributed by atoms with Gasteiger partial charge >= 0.3 is 6.18 Å². The number of nitrogens with one attached hydrogen (secondary N) is 1. The highest BCUT2D eigenvalue weighted by Crippen LogP contribution is 2.41. The molecule has 0 saturated carbocycles. The van der Waals surface area contributed by atoms with Gasteiger partial charge in [0.25, 0.3) is 0 Å². The van der Waals surface area contributed by atoms with Crippen LogP contribution in [0.2, 0.25) is 0 Å². The number of aromatic amines is 1.